The van der Waals surface area contributed by atoms with Gasteiger partial charge in [-0.1, -0.05) is 42.5 Å². The minimum absolute atomic E-state index is 0.824. The average Bonchev–Trinajstić information content (AvgIpc) is 2.40. The monoisotopic (exact) mass is 225 g/mol. The van der Waals surface area contributed by atoms with Crippen molar-refractivity contribution in [3.8, 4) is 0 Å². The van der Waals surface area contributed by atoms with Gasteiger partial charge in [-0.15, -0.1) is 0 Å². The number of nitrogens with one attached hydrogen (secondary N) is 1. The summed E-state index contributed by atoms with van der Waals surface area (Å²) in [5, 5.41) is 6.21. The van der Waals surface area contributed by atoms with E-state index in [0.717, 1.165) is 5.92 Å². The molecule has 1 N–H and O–H groups in total. The molecule has 0 bridgehead atoms. The van der Waals surface area contributed by atoms with Crippen molar-refractivity contribution in [2.24, 2.45) is 5.92 Å². The highest BCUT2D eigenvalue weighted by atomic mass is 14.9. The van der Waals surface area contributed by atoms with Gasteiger partial charge in [0.1, 0.15) is 0 Å². The summed E-state index contributed by atoms with van der Waals surface area (Å²) < 4.78 is 0. The first-order chi connectivity index (χ1) is 8.42. The Bertz CT molecular complexity index is 498. The van der Waals surface area contributed by atoms with Crippen LogP contribution in [0.5, 0.6) is 0 Å². The molecule has 1 heterocycles. The molecule has 1 nitrogen and oxygen atoms in total. The number of hydrogen-bond donors (Lipinski definition) is 1. The molecular weight excluding hydrogens is 206 g/mol. The summed E-state index contributed by atoms with van der Waals surface area (Å²) in [7, 11) is 0. The van der Waals surface area contributed by atoms with Crippen molar-refractivity contribution in [1.82, 2.24) is 5.32 Å². The molecule has 1 heteroatoms. The lowest BCUT2D eigenvalue weighted by atomic mass is 9.91. The maximum atomic E-state index is 3.49. The van der Waals surface area contributed by atoms with Gasteiger partial charge in [-0.3, -0.25) is 0 Å². The van der Waals surface area contributed by atoms with Gasteiger partial charge in [-0.25, -0.2) is 0 Å². The van der Waals surface area contributed by atoms with E-state index in [1.807, 2.05) is 0 Å². The topological polar surface area (TPSA) is 12.0 Å². The third-order valence-electron chi connectivity index (χ3n) is 3.74. The van der Waals surface area contributed by atoms with Crippen LogP contribution in [0.3, 0.4) is 0 Å². The second-order valence-electron chi connectivity index (χ2n) is 5.10. The molecule has 1 atom stereocenters. The molecule has 0 amide bonds. The Labute approximate surface area is 103 Å². The molecular formula is C16H19N. The predicted octanol–water partition coefficient (Wildman–Crippen LogP) is 3.38. The molecule has 1 saturated heterocycles. The zero-order chi connectivity index (χ0) is 11.5. The van der Waals surface area contributed by atoms with E-state index in [0.29, 0.717) is 0 Å². The molecule has 0 aromatic heterocycles. The largest absolute Gasteiger partial charge is 0.316 e. The first-order valence-electron chi connectivity index (χ1n) is 6.60. The van der Waals surface area contributed by atoms with Crippen LogP contribution >= 0.6 is 0 Å². The van der Waals surface area contributed by atoms with Gasteiger partial charge in [0.25, 0.3) is 0 Å². The summed E-state index contributed by atoms with van der Waals surface area (Å²) in [5.74, 6) is 0.824. The van der Waals surface area contributed by atoms with Crippen LogP contribution in [0.25, 0.3) is 10.8 Å². The molecule has 0 radical (unpaired) electrons. The lowest BCUT2D eigenvalue weighted by Gasteiger charge is -2.22. The number of hydrogen-bond acceptors (Lipinski definition) is 1. The van der Waals surface area contributed by atoms with Gasteiger partial charge in [-0.05, 0) is 54.6 Å². The zero-order valence-corrected chi connectivity index (χ0v) is 10.2. The molecule has 3 rings (SSSR count). The molecule has 2 aromatic rings. The Hall–Kier alpha value is -1.34. The molecule has 1 aliphatic rings. The van der Waals surface area contributed by atoms with Crippen LogP contribution in [-0.2, 0) is 6.42 Å². The average molecular weight is 225 g/mol. The van der Waals surface area contributed by atoms with Gasteiger partial charge in [0.05, 0.1) is 0 Å². The summed E-state index contributed by atoms with van der Waals surface area (Å²) in [4.78, 5) is 0. The van der Waals surface area contributed by atoms with Crippen LogP contribution in [0, 0.1) is 5.92 Å². The van der Waals surface area contributed by atoms with Crippen molar-refractivity contribution in [2.45, 2.75) is 19.3 Å². The predicted molar refractivity (Wildman–Crippen MR) is 73.2 cm³/mol. The second kappa shape index (κ2) is 4.89. The van der Waals surface area contributed by atoms with E-state index < -0.39 is 0 Å². The number of fused-ring (bicyclic) bond motifs is 1. The lowest BCUT2D eigenvalue weighted by Crippen LogP contribution is -2.30. The first kappa shape index (κ1) is 10.8. The number of rotatable bonds is 2. The van der Waals surface area contributed by atoms with Crippen LogP contribution in [0.15, 0.2) is 42.5 Å². The summed E-state index contributed by atoms with van der Waals surface area (Å²) >= 11 is 0. The van der Waals surface area contributed by atoms with Gasteiger partial charge >= 0.3 is 0 Å². The minimum Gasteiger partial charge on any atom is -0.316 e. The van der Waals surface area contributed by atoms with Crippen LogP contribution < -0.4 is 5.32 Å². The normalized spacial score (nSPS) is 20.6. The highest BCUT2D eigenvalue weighted by Gasteiger charge is 2.13. The third kappa shape index (κ3) is 2.50. The first-order valence-corrected chi connectivity index (χ1v) is 6.60. The standard InChI is InChI=1S/C16H19N/c1-2-6-16-11-13(7-8-15(16)5-1)10-14-4-3-9-17-12-14/h1-2,5-8,11,14,17H,3-4,9-10,12H2. The maximum Gasteiger partial charge on any atom is -0.00173 e. The van der Waals surface area contributed by atoms with Crippen LogP contribution in [0.2, 0.25) is 0 Å². The van der Waals surface area contributed by atoms with Crippen molar-refractivity contribution in [2.75, 3.05) is 13.1 Å². The Balaban J connectivity index is 1.80. The Morgan fingerprint density at radius 2 is 1.94 bits per heavy atom. The highest BCUT2D eigenvalue weighted by molar-refractivity contribution is 5.82. The molecule has 1 fully saturated rings. The Morgan fingerprint density at radius 3 is 2.76 bits per heavy atom. The number of benzene rings is 2. The van der Waals surface area contributed by atoms with E-state index in [-0.39, 0.29) is 0 Å². The smallest absolute Gasteiger partial charge is 0.00173 e. The van der Waals surface area contributed by atoms with E-state index in [4.69, 9.17) is 0 Å². The fourth-order valence-electron chi connectivity index (χ4n) is 2.80. The lowest BCUT2D eigenvalue weighted by molar-refractivity contribution is 0.376. The van der Waals surface area contributed by atoms with Gasteiger partial charge in [0, 0.05) is 0 Å². The number of piperidine rings is 1. The second-order valence-corrected chi connectivity index (χ2v) is 5.10. The molecule has 0 spiro atoms. The molecule has 1 aliphatic heterocycles. The van der Waals surface area contributed by atoms with Gasteiger partial charge < -0.3 is 5.32 Å². The molecule has 1 unspecified atom stereocenters. The summed E-state index contributed by atoms with van der Waals surface area (Å²) in [5.41, 5.74) is 1.48. The van der Waals surface area contributed by atoms with Crippen LogP contribution in [0.1, 0.15) is 18.4 Å². The summed E-state index contributed by atoms with van der Waals surface area (Å²) in [6.45, 7) is 2.39. The van der Waals surface area contributed by atoms with Crippen LogP contribution in [0.4, 0.5) is 0 Å². The van der Waals surface area contributed by atoms with Crippen molar-refractivity contribution in [1.29, 1.82) is 0 Å². The van der Waals surface area contributed by atoms with Gasteiger partial charge in [0.2, 0.25) is 0 Å². The highest BCUT2D eigenvalue weighted by Crippen LogP contribution is 2.20. The van der Waals surface area contributed by atoms with E-state index in [1.165, 1.54) is 48.7 Å². The molecule has 2 aromatic carbocycles. The third-order valence-corrected chi connectivity index (χ3v) is 3.74. The van der Waals surface area contributed by atoms with Crippen molar-refractivity contribution < 1.29 is 0 Å². The quantitative estimate of drug-likeness (QED) is 0.826. The fourth-order valence-corrected chi connectivity index (χ4v) is 2.80. The maximum absolute atomic E-state index is 3.49. The summed E-state index contributed by atoms with van der Waals surface area (Å²) in [6.07, 6.45) is 3.93. The Kier molecular flexibility index (Phi) is 3.10. The van der Waals surface area contributed by atoms with Crippen LogP contribution in [-0.4, -0.2) is 13.1 Å². The van der Waals surface area contributed by atoms with E-state index in [9.17, 15) is 0 Å². The van der Waals surface area contributed by atoms with Crippen molar-refractivity contribution >= 4 is 10.8 Å². The van der Waals surface area contributed by atoms with Gasteiger partial charge in [-0.2, -0.15) is 0 Å². The summed E-state index contributed by atoms with van der Waals surface area (Å²) in [6, 6.07) is 15.5. The zero-order valence-electron chi connectivity index (χ0n) is 10.2. The molecule has 0 saturated carbocycles. The minimum atomic E-state index is 0.824. The SMILES string of the molecule is c1ccc2cc(CC3CCCNC3)ccc2c1. The van der Waals surface area contributed by atoms with Crippen molar-refractivity contribution in [3.05, 3.63) is 48.0 Å². The van der Waals surface area contributed by atoms with Gasteiger partial charge in [0.15, 0.2) is 0 Å². The fraction of sp³-hybridized carbons (Fsp3) is 0.375. The molecule has 88 valence electrons. The molecule has 0 aliphatic carbocycles. The van der Waals surface area contributed by atoms with E-state index in [2.05, 4.69) is 47.8 Å². The van der Waals surface area contributed by atoms with Crippen molar-refractivity contribution in [3.63, 3.8) is 0 Å². The Morgan fingerprint density at radius 1 is 1.06 bits per heavy atom. The van der Waals surface area contributed by atoms with E-state index in [1.54, 1.807) is 0 Å². The molecule has 17 heavy (non-hydrogen) atoms. The van der Waals surface area contributed by atoms with E-state index >= 15 is 0 Å².